The third kappa shape index (κ3) is 8.53. The Balaban J connectivity index is 3.06. The molecule has 1 rings (SSSR count). The fourth-order valence-electron chi connectivity index (χ4n) is 3.61. The molecule has 0 saturated heterocycles. The van der Waals surface area contributed by atoms with Gasteiger partial charge in [0.15, 0.2) is 0 Å². The second-order valence-electron chi connectivity index (χ2n) is 9.84. The summed E-state index contributed by atoms with van der Waals surface area (Å²) in [6.45, 7) is 13.6. The third-order valence-corrected chi connectivity index (χ3v) is 4.73. The van der Waals surface area contributed by atoms with Crippen LogP contribution in [0.5, 0.6) is 0 Å². The number of ether oxygens (including phenoxy) is 3. The van der Waals surface area contributed by atoms with Crippen molar-refractivity contribution in [3.63, 3.8) is 0 Å². The van der Waals surface area contributed by atoms with Crippen LogP contribution in [0.15, 0.2) is 0 Å². The Bertz CT molecular complexity index is 640. The number of carbonyl (C=O) groups is 3. The maximum atomic E-state index is 12.5. The minimum atomic E-state index is -1.37. The smallest absolute Gasteiger partial charge is 0.407 e. The summed E-state index contributed by atoms with van der Waals surface area (Å²) in [5, 5.41) is 26.8. The van der Waals surface area contributed by atoms with Gasteiger partial charge in [-0.15, -0.1) is 0 Å². The second kappa shape index (κ2) is 10.5. The van der Waals surface area contributed by atoms with Gasteiger partial charge in [0, 0.05) is 12.0 Å². The molecule has 1 fully saturated rings. The summed E-state index contributed by atoms with van der Waals surface area (Å²) in [5.41, 5.74) is -1.50. The molecule has 1 aliphatic carbocycles. The Kier molecular flexibility index (Phi) is 9.13. The van der Waals surface area contributed by atoms with Crippen LogP contribution in [0.4, 0.5) is 9.59 Å². The first-order chi connectivity index (χ1) is 14.1. The van der Waals surface area contributed by atoms with E-state index in [-0.39, 0.29) is 13.0 Å². The van der Waals surface area contributed by atoms with Crippen molar-refractivity contribution in [3.05, 3.63) is 0 Å². The summed E-state index contributed by atoms with van der Waals surface area (Å²) in [6.07, 6.45) is -4.08. The zero-order valence-corrected chi connectivity index (χ0v) is 19.7. The molecule has 2 amide bonds. The van der Waals surface area contributed by atoms with Crippen LogP contribution >= 0.6 is 0 Å². The number of hydrogen-bond donors (Lipinski definition) is 4. The van der Waals surface area contributed by atoms with Crippen molar-refractivity contribution in [3.8, 4) is 0 Å². The summed E-state index contributed by atoms with van der Waals surface area (Å²) in [4.78, 5) is 36.9. The van der Waals surface area contributed by atoms with E-state index in [4.69, 9.17) is 14.2 Å². The molecule has 0 unspecified atom stereocenters. The van der Waals surface area contributed by atoms with Crippen LogP contribution in [0.1, 0.15) is 61.8 Å². The Morgan fingerprint density at radius 2 is 1.52 bits per heavy atom. The molecule has 0 aliphatic heterocycles. The molecule has 180 valence electrons. The molecule has 0 radical (unpaired) electrons. The highest BCUT2D eigenvalue weighted by molar-refractivity contribution is 5.76. The minimum Gasteiger partial charge on any atom is -0.466 e. The maximum Gasteiger partial charge on any atom is 0.407 e. The molecule has 0 aromatic rings. The van der Waals surface area contributed by atoms with Gasteiger partial charge in [0.2, 0.25) is 0 Å². The molecular weight excluding hydrogens is 408 g/mol. The quantitative estimate of drug-likeness (QED) is 0.369. The predicted molar refractivity (Wildman–Crippen MR) is 112 cm³/mol. The average Bonchev–Trinajstić information content (AvgIpc) is 2.53. The average molecular weight is 447 g/mol. The monoisotopic (exact) mass is 446 g/mol. The first kappa shape index (κ1) is 27.0. The highest BCUT2D eigenvalue weighted by Gasteiger charge is 2.50. The van der Waals surface area contributed by atoms with Crippen LogP contribution in [0.3, 0.4) is 0 Å². The predicted octanol–water partition coefficient (Wildman–Crippen LogP) is 1.71. The van der Waals surface area contributed by atoms with Gasteiger partial charge < -0.3 is 35.1 Å². The molecule has 4 N–H and O–H groups in total. The van der Waals surface area contributed by atoms with E-state index in [1.165, 1.54) is 0 Å². The summed E-state index contributed by atoms with van der Waals surface area (Å²) in [5.74, 6) is -2.51. The van der Waals surface area contributed by atoms with Gasteiger partial charge in [0.1, 0.15) is 11.2 Å². The van der Waals surface area contributed by atoms with Crippen molar-refractivity contribution in [2.75, 3.05) is 6.61 Å². The number of nitrogens with one attached hydrogen (secondary N) is 2. The number of hydrogen-bond acceptors (Lipinski definition) is 8. The van der Waals surface area contributed by atoms with E-state index in [1.54, 1.807) is 55.4 Å². The van der Waals surface area contributed by atoms with Crippen LogP contribution in [-0.4, -0.2) is 70.5 Å². The fourth-order valence-corrected chi connectivity index (χ4v) is 3.61. The fraction of sp³-hybridized carbons (Fsp3) is 0.857. The van der Waals surface area contributed by atoms with Crippen LogP contribution in [0, 0.1) is 11.8 Å². The van der Waals surface area contributed by atoms with Crippen molar-refractivity contribution in [2.45, 2.75) is 97.3 Å². The SMILES string of the molecule is CCOC(=O)[C@H]1C[C@H](O)[C@H]([C@@H](C)NC(=O)OC(C)(C)C)[C@H](O)[C@@H]1NC(=O)OC(C)(C)C. The van der Waals surface area contributed by atoms with Crippen molar-refractivity contribution < 1.29 is 38.8 Å². The van der Waals surface area contributed by atoms with Gasteiger partial charge in [-0.2, -0.15) is 0 Å². The van der Waals surface area contributed by atoms with E-state index in [2.05, 4.69) is 10.6 Å². The molecule has 0 heterocycles. The van der Waals surface area contributed by atoms with Gasteiger partial charge in [-0.3, -0.25) is 4.79 Å². The number of esters is 1. The second-order valence-corrected chi connectivity index (χ2v) is 9.84. The number of carbonyl (C=O) groups excluding carboxylic acids is 3. The first-order valence-corrected chi connectivity index (χ1v) is 10.6. The number of alkyl carbamates (subject to hydrolysis) is 2. The Morgan fingerprint density at radius 1 is 1.00 bits per heavy atom. The molecule has 0 bridgehead atoms. The van der Waals surface area contributed by atoms with Gasteiger partial charge in [-0.25, -0.2) is 9.59 Å². The van der Waals surface area contributed by atoms with E-state index >= 15 is 0 Å². The minimum absolute atomic E-state index is 0.0681. The lowest BCUT2D eigenvalue weighted by atomic mass is 9.71. The summed E-state index contributed by atoms with van der Waals surface area (Å²) in [6, 6.07) is -1.80. The van der Waals surface area contributed by atoms with Gasteiger partial charge in [0.05, 0.1) is 30.8 Å². The van der Waals surface area contributed by atoms with Crippen LogP contribution in [-0.2, 0) is 19.0 Å². The Hall–Kier alpha value is -2.07. The lowest BCUT2D eigenvalue weighted by Gasteiger charge is -2.44. The normalized spacial score (nSPS) is 27.6. The van der Waals surface area contributed by atoms with Gasteiger partial charge in [0.25, 0.3) is 0 Å². The molecule has 0 aromatic carbocycles. The molecule has 10 nitrogen and oxygen atoms in total. The van der Waals surface area contributed by atoms with Crippen LogP contribution in [0.25, 0.3) is 0 Å². The van der Waals surface area contributed by atoms with Crippen LogP contribution in [0.2, 0.25) is 0 Å². The number of aliphatic hydroxyl groups excluding tert-OH is 2. The third-order valence-electron chi connectivity index (χ3n) is 4.73. The number of amides is 2. The summed E-state index contributed by atoms with van der Waals surface area (Å²) in [7, 11) is 0. The summed E-state index contributed by atoms with van der Waals surface area (Å²) < 4.78 is 15.5. The molecule has 0 spiro atoms. The summed E-state index contributed by atoms with van der Waals surface area (Å²) >= 11 is 0. The van der Waals surface area contributed by atoms with E-state index in [9.17, 15) is 24.6 Å². The lowest BCUT2D eigenvalue weighted by molar-refractivity contribution is -0.159. The van der Waals surface area contributed by atoms with Crippen molar-refractivity contribution in [2.24, 2.45) is 11.8 Å². The zero-order valence-electron chi connectivity index (χ0n) is 19.7. The first-order valence-electron chi connectivity index (χ1n) is 10.6. The van der Waals surface area contributed by atoms with E-state index in [0.29, 0.717) is 0 Å². The van der Waals surface area contributed by atoms with E-state index in [1.807, 2.05) is 0 Å². The number of rotatable bonds is 5. The van der Waals surface area contributed by atoms with Crippen molar-refractivity contribution in [1.82, 2.24) is 10.6 Å². The molecule has 31 heavy (non-hydrogen) atoms. The highest BCUT2D eigenvalue weighted by Crippen LogP contribution is 2.33. The van der Waals surface area contributed by atoms with Gasteiger partial charge in [-0.05, 0) is 61.8 Å². The molecule has 1 aliphatic rings. The van der Waals surface area contributed by atoms with E-state index in [0.717, 1.165) is 0 Å². The molecule has 6 atom stereocenters. The topological polar surface area (TPSA) is 143 Å². The molecule has 1 saturated carbocycles. The van der Waals surface area contributed by atoms with Gasteiger partial charge in [-0.1, -0.05) is 0 Å². The molecule has 10 heteroatoms. The Labute approximate surface area is 184 Å². The standard InChI is InChI=1S/C21H38N2O8/c1-9-29-17(26)12-10-13(24)14(11(2)22-18(27)30-20(3,4)5)16(25)15(12)23-19(28)31-21(6,7)8/h11-16,24-25H,9-10H2,1-8H3,(H,22,27)(H,23,28)/t11-,12+,13+,14+,15-,16+/m1/s1. The van der Waals surface area contributed by atoms with E-state index < -0.39 is 65.5 Å². The van der Waals surface area contributed by atoms with Crippen molar-refractivity contribution in [1.29, 1.82) is 0 Å². The Morgan fingerprint density at radius 3 is 2.00 bits per heavy atom. The molecular formula is C21H38N2O8. The maximum absolute atomic E-state index is 12.5. The molecule has 0 aromatic heterocycles. The zero-order chi connectivity index (χ0) is 24.1. The highest BCUT2D eigenvalue weighted by atomic mass is 16.6. The van der Waals surface area contributed by atoms with Crippen LogP contribution < -0.4 is 10.6 Å². The largest absolute Gasteiger partial charge is 0.466 e. The number of aliphatic hydroxyl groups is 2. The van der Waals surface area contributed by atoms with Crippen molar-refractivity contribution >= 4 is 18.2 Å². The lowest BCUT2D eigenvalue weighted by Crippen LogP contribution is -2.63. The van der Waals surface area contributed by atoms with Gasteiger partial charge >= 0.3 is 18.2 Å².